The molecule has 0 aliphatic heterocycles. The first-order valence-electron chi connectivity index (χ1n) is 10.8. The predicted molar refractivity (Wildman–Crippen MR) is 101 cm³/mol. The summed E-state index contributed by atoms with van der Waals surface area (Å²) in [5.74, 6) is 3.15. The first-order valence-corrected chi connectivity index (χ1v) is 10.8. The topological polar surface area (TPSA) is 37.3 Å². The lowest BCUT2D eigenvalue weighted by Crippen LogP contribution is -2.51. The van der Waals surface area contributed by atoms with E-state index in [1.54, 1.807) is 5.57 Å². The highest BCUT2D eigenvalue weighted by Gasteiger charge is 2.59. The van der Waals surface area contributed by atoms with Crippen LogP contribution in [0.1, 0.15) is 85.0 Å². The third-order valence-electron chi connectivity index (χ3n) is 8.96. The Balaban J connectivity index is 1.61. The van der Waals surface area contributed by atoms with Gasteiger partial charge in [0.2, 0.25) is 0 Å². The summed E-state index contributed by atoms with van der Waals surface area (Å²) in [6.07, 6.45) is 13.3. The number of carbonyl (C=O) groups is 1. The van der Waals surface area contributed by atoms with Crippen molar-refractivity contribution < 1.29 is 9.90 Å². The standard InChI is InChI=1S/C23H36O2/c1-4-5-21(25)20-9-8-18-17-7-6-15-14-16(24)10-12-22(15,2)19(17)11-13-23(18,20)3/h6,16-20,24H,4-5,7-14H2,1-3H3/t16-,17-,18-,19-,20+,22-,23-/m0/s1. The molecule has 0 radical (unpaired) electrons. The smallest absolute Gasteiger partial charge is 0.136 e. The Kier molecular flexibility index (Phi) is 4.42. The molecule has 0 amide bonds. The fraction of sp³-hybridized carbons (Fsp3) is 0.870. The van der Waals surface area contributed by atoms with Crippen molar-refractivity contribution in [3.05, 3.63) is 11.6 Å². The van der Waals surface area contributed by atoms with Gasteiger partial charge in [-0.15, -0.1) is 0 Å². The lowest BCUT2D eigenvalue weighted by molar-refractivity contribution is -0.129. The first kappa shape index (κ1) is 17.8. The zero-order chi connectivity index (χ0) is 17.8. The Labute approximate surface area is 153 Å². The van der Waals surface area contributed by atoms with Gasteiger partial charge in [0.15, 0.2) is 0 Å². The molecule has 25 heavy (non-hydrogen) atoms. The molecule has 140 valence electrons. The van der Waals surface area contributed by atoms with Gasteiger partial charge >= 0.3 is 0 Å². The summed E-state index contributed by atoms with van der Waals surface area (Å²) in [5, 5.41) is 10.1. The SMILES string of the molecule is CCCC(=O)[C@H]1CC[C@H]2[C@@H]3CC=C4C[C@@H](O)CC[C@]4(C)[C@H]3CC[C@]12C. The second kappa shape index (κ2) is 6.22. The summed E-state index contributed by atoms with van der Waals surface area (Å²) in [7, 11) is 0. The van der Waals surface area contributed by atoms with E-state index in [0.29, 0.717) is 17.1 Å². The van der Waals surface area contributed by atoms with Gasteiger partial charge in [0, 0.05) is 12.3 Å². The molecule has 0 unspecified atom stereocenters. The van der Waals surface area contributed by atoms with Gasteiger partial charge in [-0.3, -0.25) is 4.79 Å². The summed E-state index contributed by atoms with van der Waals surface area (Å²) in [4.78, 5) is 12.8. The van der Waals surface area contributed by atoms with Gasteiger partial charge in [0.05, 0.1) is 6.10 Å². The Morgan fingerprint density at radius 3 is 2.72 bits per heavy atom. The molecule has 0 bridgehead atoms. The van der Waals surface area contributed by atoms with Crippen LogP contribution in [0, 0.1) is 34.5 Å². The molecule has 1 N–H and O–H groups in total. The Morgan fingerprint density at radius 1 is 1.16 bits per heavy atom. The maximum absolute atomic E-state index is 12.8. The van der Waals surface area contributed by atoms with E-state index in [4.69, 9.17) is 0 Å². The molecular formula is C23H36O2. The maximum atomic E-state index is 12.8. The van der Waals surface area contributed by atoms with E-state index >= 15 is 0 Å². The molecule has 0 aromatic carbocycles. The fourth-order valence-corrected chi connectivity index (χ4v) is 7.59. The zero-order valence-corrected chi connectivity index (χ0v) is 16.4. The first-order chi connectivity index (χ1) is 11.9. The van der Waals surface area contributed by atoms with Crippen LogP contribution < -0.4 is 0 Å². The zero-order valence-electron chi connectivity index (χ0n) is 16.4. The number of rotatable bonds is 3. The average Bonchev–Trinajstić information content (AvgIpc) is 2.93. The number of allylic oxidation sites excluding steroid dienone is 1. The van der Waals surface area contributed by atoms with Gasteiger partial charge in [0.25, 0.3) is 0 Å². The second-order valence-corrected chi connectivity index (χ2v) is 10.0. The normalized spacial score (nSPS) is 49.0. The van der Waals surface area contributed by atoms with Crippen molar-refractivity contribution in [1.82, 2.24) is 0 Å². The molecule has 0 spiro atoms. The van der Waals surface area contributed by atoms with Crippen LogP contribution in [0.15, 0.2) is 11.6 Å². The van der Waals surface area contributed by atoms with E-state index < -0.39 is 0 Å². The lowest BCUT2D eigenvalue weighted by atomic mass is 9.47. The van der Waals surface area contributed by atoms with Gasteiger partial charge in [0.1, 0.15) is 5.78 Å². The van der Waals surface area contributed by atoms with Crippen LogP contribution in [-0.2, 0) is 4.79 Å². The number of ketones is 1. The van der Waals surface area contributed by atoms with Gasteiger partial charge in [-0.2, -0.15) is 0 Å². The van der Waals surface area contributed by atoms with Crippen LogP contribution in [0.5, 0.6) is 0 Å². The maximum Gasteiger partial charge on any atom is 0.136 e. The van der Waals surface area contributed by atoms with Crippen LogP contribution in [0.25, 0.3) is 0 Å². The van der Waals surface area contributed by atoms with Crippen molar-refractivity contribution in [2.45, 2.75) is 91.1 Å². The van der Waals surface area contributed by atoms with Crippen molar-refractivity contribution in [2.75, 3.05) is 0 Å². The highest BCUT2D eigenvalue weighted by Crippen LogP contribution is 2.66. The van der Waals surface area contributed by atoms with Crippen LogP contribution in [0.4, 0.5) is 0 Å². The van der Waals surface area contributed by atoms with Crippen molar-refractivity contribution in [3.8, 4) is 0 Å². The highest BCUT2D eigenvalue weighted by molar-refractivity contribution is 5.82. The molecule has 3 fully saturated rings. The Hall–Kier alpha value is -0.630. The summed E-state index contributed by atoms with van der Waals surface area (Å²) in [5.41, 5.74) is 2.12. The van der Waals surface area contributed by atoms with Crippen LogP contribution >= 0.6 is 0 Å². The molecule has 0 aromatic rings. The van der Waals surface area contributed by atoms with E-state index in [1.165, 1.54) is 25.7 Å². The molecule has 0 heterocycles. The number of carbonyl (C=O) groups excluding carboxylic acids is 1. The summed E-state index contributed by atoms with van der Waals surface area (Å²) < 4.78 is 0. The quantitative estimate of drug-likeness (QED) is 0.706. The monoisotopic (exact) mass is 344 g/mol. The summed E-state index contributed by atoms with van der Waals surface area (Å²) in [6, 6.07) is 0. The number of aliphatic hydroxyl groups excluding tert-OH is 1. The minimum absolute atomic E-state index is 0.118. The number of hydrogen-bond donors (Lipinski definition) is 1. The van der Waals surface area contributed by atoms with Crippen molar-refractivity contribution in [2.24, 2.45) is 34.5 Å². The molecule has 7 atom stereocenters. The van der Waals surface area contributed by atoms with Crippen molar-refractivity contribution in [3.63, 3.8) is 0 Å². The van der Waals surface area contributed by atoms with Crippen LogP contribution in [-0.4, -0.2) is 17.0 Å². The second-order valence-electron chi connectivity index (χ2n) is 10.0. The third-order valence-corrected chi connectivity index (χ3v) is 8.96. The highest BCUT2D eigenvalue weighted by atomic mass is 16.3. The van der Waals surface area contributed by atoms with Gasteiger partial charge in [-0.05, 0) is 86.4 Å². The lowest BCUT2D eigenvalue weighted by Gasteiger charge is -2.58. The minimum Gasteiger partial charge on any atom is -0.393 e. The number of fused-ring (bicyclic) bond motifs is 5. The molecule has 3 saturated carbocycles. The van der Waals surface area contributed by atoms with Crippen LogP contribution in [0.2, 0.25) is 0 Å². The minimum atomic E-state index is -0.118. The molecule has 4 aliphatic rings. The summed E-state index contributed by atoms with van der Waals surface area (Å²) >= 11 is 0. The van der Waals surface area contributed by atoms with Crippen molar-refractivity contribution >= 4 is 5.78 Å². The third kappa shape index (κ3) is 2.58. The molecule has 2 heteroatoms. The number of Topliss-reactive ketones (excluding diaryl/α,β-unsaturated/α-hetero) is 1. The van der Waals surface area contributed by atoms with E-state index in [1.807, 2.05) is 0 Å². The Morgan fingerprint density at radius 2 is 1.96 bits per heavy atom. The van der Waals surface area contributed by atoms with Crippen LogP contribution in [0.3, 0.4) is 0 Å². The van der Waals surface area contributed by atoms with Crippen molar-refractivity contribution in [1.29, 1.82) is 0 Å². The van der Waals surface area contributed by atoms with Gasteiger partial charge < -0.3 is 5.11 Å². The molecule has 2 nitrogen and oxygen atoms in total. The van der Waals surface area contributed by atoms with Gasteiger partial charge in [-0.1, -0.05) is 32.4 Å². The molecule has 0 saturated heterocycles. The molecule has 0 aromatic heterocycles. The molecule has 4 aliphatic carbocycles. The molecule has 4 rings (SSSR count). The fourth-order valence-electron chi connectivity index (χ4n) is 7.59. The number of aliphatic hydroxyl groups is 1. The largest absolute Gasteiger partial charge is 0.393 e. The van der Waals surface area contributed by atoms with E-state index in [9.17, 15) is 9.90 Å². The van der Waals surface area contributed by atoms with E-state index in [-0.39, 0.29) is 11.5 Å². The molecular weight excluding hydrogens is 308 g/mol. The summed E-state index contributed by atoms with van der Waals surface area (Å²) in [6.45, 7) is 7.07. The number of hydrogen-bond acceptors (Lipinski definition) is 2. The van der Waals surface area contributed by atoms with E-state index in [2.05, 4.69) is 26.8 Å². The predicted octanol–water partition coefficient (Wildman–Crippen LogP) is 5.30. The average molecular weight is 345 g/mol. The van der Waals surface area contributed by atoms with Gasteiger partial charge in [-0.25, -0.2) is 0 Å². The van der Waals surface area contributed by atoms with E-state index in [0.717, 1.165) is 56.3 Å². The Bertz CT molecular complexity index is 579.